The Bertz CT molecular complexity index is 334. The van der Waals surface area contributed by atoms with Crippen LogP contribution in [0.25, 0.3) is 0 Å². The summed E-state index contributed by atoms with van der Waals surface area (Å²) in [4.78, 5) is 4.31. The van der Waals surface area contributed by atoms with Crippen molar-refractivity contribution in [3.63, 3.8) is 0 Å². The summed E-state index contributed by atoms with van der Waals surface area (Å²) in [6.07, 6.45) is 4.14. The van der Waals surface area contributed by atoms with E-state index >= 15 is 0 Å². The Hall–Kier alpha value is -1.09. The van der Waals surface area contributed by atoms with Gasteiger partial charge in [0, 0.05) is 6.20 Å². The Kier molecular flexibility index (Phi) is 2.19. The first-order valence-corrected chi connectivity index (χ1v) is 4.92. The highest BCUT2D eigenvalue weighted by Crippen LogP contribution is 2.53. The molecule has 1 aromatic heterocycles. The SMILES string of the molecule is COc1cccnc1C(N)C1(C)CC1. The molecule has 3 nitrogen and oxygen atoms in total. The second-order valence-electron chi connectivity index (χ2n) is 4.22. The van der Waals surface area contributed by atoms with Crippen LogP contribution in [0.15, 0.2) is 18.3 Å². The Morgan fingerprint density at radius 1 is 1.57 bits per heavy atom. The monoisotopic (exact) mass is 192 g/mol. The van der Waals surface area contributed by atoms with Crippen molar-refractivity contribution in [1.82, 2.24) is 4.98 Å². The maximum absolute atomic E-state index is 6.17. The number of nitrogens with zero attached hydrogens (tertiary/aromatic N) is 1. The van der Waals surface area contributed by atoms with Crippen LogP contribution in [0, 0.1) is 5.41 Å². The van der Waals surface area contributed by atoms with Gasteiger partial charge in [0.1, 0.15) is 5.75 Å². The number of hydrogen-bond donors (Lipinski definition) is 1. The first-order valence-electron chi connectivity index (χ1n) is 4.92. The minimum absolute atomic E-state index is 0.00125. The van der Waals surface area contributed by atoms with Crippen molar-refractivity contribution in [2.24, 2.45) is 11.1 Å². The minimum Gasteiger partial charge on any atom is -0.495 e. The van der Waals surface area contributed by atoms with Gasteiger partial charge in [-0.15, -0.1) is 0 Å². The third kappa shape index (κ3) is 1.48. The normalized spacial score (nSPS) is 20.2. The van der Waals surface area contributed by atoms with Gasteiger partial charge in [0.05, 0.1) is 18.8 Å². The van der Waals surface area contributed by atoms with E-state index in [4.69, 9.17) is 10.5 Å². The summed E-state index contributed by atoms with van der Waals surface area (Å²) in [5, 5.41) is 0. The van der Waals surface area contributed by atoms with Crippen LogP contribution in [0.2, 0.25) is 0 Å². The van der Waals surface area contributed by atoms with Gasteiger partial charge in [0.15, 0.2) is 0 Å². The maximum Gasteiger partial charge on any atom is 0.141 e. The summed E-state index contributed by atoms with van der Waals surface area (Å²) in [6.45, 7) is 2.20. The lowest BCUT2D eigenvalue weighted by molar-refractivity contribution is 0.378. The molecule has 0 spiro atoms. The summed E-state index contributed by atoms with van der Waals surface area (Å²) in [5.41, 5.74) is 7.29. The van der Waals surface area contributed by atoms with Crippen molar-refractivity contribution in [3.8, 4) is 5.75 Å². The number of aromatic nitrogens is 1. The van der Waals surface area contributed by atoms with Crippen LogP contribution in [-0.2, 0) is 0 Å². The third-order valence-corrected chi connectivity index (χ3v) is 3.10. The molecule has 14 heavy (non-hydrogen) atoms. The zero-order chi connectivity index (χ0) is 10.2. The van der Waals surface area contributed by atoms with Crippen LogP contribution in [0.4, 0.5) is 0 Å². The van der Waals surface area contributed by atoms with Gasteiger partial charge in [0.2, 0.25) is 0 Å². The van der Waals surface area contributed by atoms with E-state index in [0.29, 0.717) is 0 Å². The quantitative estimate of drug-likeness (QED) is 0.795. The molecule has 76 valence electrons. The number of methoxy groups -OCH3 is 1. The zero-order valence-corrected chi connectivity index (χ0v) is 8.66. The van der Waals surface area contributed by atoms with Gasteiger partial charge in [-0.25, -0.2) is 0 Å². The van der Waals surface area contributed by atoms with Gasteiger partial charge >= 0.3 is 0 Å². The predicted octanol–water partition coefficient (Wildman–Crippen LogP) is 1.89. The molecule has 2 N–H and O–H groups in total. The first kappa shape index (κ1) is 9.46. The molecular formula is C11H16N2O. The second kappa shape index (κ2) is 3.24. The molecule has 1 unspecified atom stereocenters. The van der Waals surface area contributed by atoms with Crippen LogP contribution in [0.1, 0.15) is 31.5 Å². The van der Waals surface area contributed by atoms with Gasteiger partial charge in [-0.05, 0) is 30.4 Å². The third-order valence-electron chi connectivity index (χ3n) is 3.10. The summed E-state index contributed by atoms with van der Waals surface area (Å²) >= 11 is 0. The van der Waals surface area contributed by atoms with Crippen molar-refractivity contribution in [1.29, 1.82) is 0 Å². The average Bonchev–Trinajstić information content (AvgIpc) is 2.97. The Morgan fingerprint density at radius 2 is 2.29 bits per heavy atom. The standard InChI is InChI=1S/C11H16N2O/c1-11(5-6-11)10(12)9-8(14-2)4-3-7-13-9/h3-4,7,10H,5-6,12H2,1-2H3. The van der Waals surface area contributed by atoms with Crippen LogP contribution in [0.5, 0.6) is 5.75 Å². The molecule has 2 rings (SSSR count). The van der Waals surface area contributed by atoms with Crippen LogP contribution in [0.3, 0.4) is 0 Å². The molecule has 1 aromatic rings. The topological polar surface area (TPSA) is 48.1 Å². The molecule has 1 heterocycles. The molecule has 0 amide bonds. The molecule has 0 aromatic carbocycles. The lowest BCUT2D eigenvalue weighted by atomic mass is 9.96. The van der Waals surface area contributed by atoms with E-state index in [1.54, 1.807) is 13.3 Å². The van der Waals surface area contributed by atoms with Gasteiger partial charge in [-0.2, -0.15) is 0 Å². The smallest absolute Gasteiger partial charge is 0.141 e. The number of pyridine rings is 1. The van der Waals surface area contributed by atoms with Crippen molar-refractivity contribution in [3.05, 3.63) is 24.0 Å². The van der Waals surface area contributed by atoms with Crippen molar-refractivity contribution >= 4 is 0 Å². The first-order chi connectivity index (χ1) is 6.67. The molecule has 1 fully saturated rings. The number of hydrogen-bond acceptors (Lipinski definition) is 3. The molecule has 1 aliphatic carbocycles. The average molecular weight is 192 g/mol. The zero-order valence-electron chi connectivity index (χ0n) is 8.66. The largest absolute Gasteiger partial charge is 0.495 e. The highest BCUT2D eigenvalue weighted by atomic mass is 16.5. The van der Waals surface area contributed by atoms with Gasteiger partial charge < -0.3 is 10.5 Å². The number of ether oxygens (including phenoxy) is 1. The summed E-state index contributed by atoms with van der Waals surface area (Å²) < 4.78 is 5.25. The van der Waals surface area contributed by atoms with E-state index in [2.05, 4.69) is 11.9 Å². The molecule has 0 aliphatic heterocycles. The Labute approximate surface area is 84.3 Å². The van der Waals surface area contributed by atoms with Crippen LogP contribution >= 0.6 is 0 Å². The number of rotatable bonds is 3. The molecule has 0 radical (unpaired) electrons. The van der Waals surface area contributed by atoms with Gasteiger partial charge in [-0.3, -0.25) is 4.98 Å². The number of nitrogens with two attached hydrogens (primary N) is 1. The molecule has 1 atom stereocenters. The fourth-order valence-electron chi connectivity index (χ4n) is 1.65. The molecule has 0 saturated heterocycles. The summed E-state index contributed by atoms with van der Waals surface area (Å²) in [5.74, 6) is 0.799. The Morgan fingerprint density at radius 3 is 2.86 bits per heavy atom. The molecular weight excluding hydrogens is 176 g/mol. The molecule has 1 saturated carbocycles. The van der Waals surface area contributed by atoms with Gasteiger partial charge in [-0.1, -0.05) is 6.92 Å². The predicted molar refractivity (Wildman–Crippen MR) is 55.1 cm³/mol. The van der Waals surface area contributed by atoms with Crippen molar-refractivity contribution in [2.75, 3.05) is 7.11 Å². The molecule has 1 aliphatic rings. The molecule has 0 bridgehead atoms. The highest BCUT2D eigenvalue weighted by Gasteiger charge is 2.45. The van der Waals surface area contributed by atoms with Gasteiger partial charge in [0.25, 0.3) is 0 Å². The fraction of sp³-hybridized carbons (Fsp3) is 0.545. The second-order valence-corrected chi connectivity index (χ2v) is 4.22. The highest BCUT2D eigenvalue weighted by molar-refractivity contribution is 5.31. The van der Waals surface area contributed by atoms with Crippen molar-refractivity contribution < 1.29 is 4.74 Å². The Balaban J connectivity index is 2.30. The van der Waals surface area contributed by atoms with Crippen molar-refractivity contribution in [2.45, 2.75) is 25.8 Å². The summed E-state index contributed by atoms with van der Waals surface area (Å²) in [6, 6.07) is 3.77. The lowest BCUT2D eigenvalue weighted by Crippen LogP contribution is -2.22. The van der Waals surface area contributed by atoms with Crippen LogP contribution in [-0.4, -0.2) is 12.1 Å². The van der Waals surface area contributed by atoms with E-state index in [9.17, 15) is 0 Å². The van der Waals surface area contributed by atoms with E-state index in [1.165, 1.54) is 12.8 Å². The minimum atomic E-state index is -0.00125. The van der Waals surface area contributed by atoms with E-state index in [-0.39, 0.29) is 11.5 Å². The van der Waals surface area contributed by atoms with Crippen LogP contribution < -0.4 is 10.5 Å². The lowest BCUT2D eigenvalue weighted by Gasteiger charge is -2.19. The fourth-order valence-corrected chi connectivity index (χ4v) is 1.65. The van der Waals surface area contributed by atoms with E-state index in [0.717, 1.165) is 11.4 Å². The molecule has 3 heteroatoms. The summed E-state index contributed by atoms with van der Waals surface area (Å²) in [7, 11) is 1.66. The van der Waals surface area contributed by atoms with E-state index in [1.807, 2.05) is 12.1 Å². The van der Waals surface area contributed by atoms with E-state index < -0.39 is 0 Å². The maximum atomic E-state index is 6.17.